The van der Waals surface area contributed by atoms with Gasteiger partial charge >= 0.3 is 0 Å². The molecule has 2 aliphatic heterocycles. The second-order valence-corrected chi connectivity index (χ2v) is 8.35. The van der Waals surface area contributed by atoms with Crippen molar-refractivity contribution >= 4 is 17.6 Å². The molecule has 2 rings (SSSR count). The minimum Gasteiger partial charge on any atom is -0.388 e. The van der Waals surface area contributed by atoms with E-state index < -0.39 is 49.0 Å². The maximum absolute atomic E-state index is 11.3. The van der Waals surface area contributed by atoms with Crippen LogP contribution in [0.25, 0.3) is 0 Å². The maximum atomic E-state index is 11.3. The molecule has 2 amide bonds. The molecule has 0 saturated carbocycles. The van der Waals surface area contributed by atoms with Crippen molar-refractivity contribution in [2.75, 3.05) is 41.4 Å². The van der Waals surface area contributed by atoms with Crippen LogP contribution in [-0.2, 0) is 23.9 Å². The van der Waals surface area contributed by atoms with Crippen LogP contribution in [-0.4, -0.2) is 154 Å². The molecule has 2 aliphatic rings. The summed E-state index contributed by atoms with van der Waals surface area (Å²) in [5, 5.41) is 63.3. The highest BCUT2D eigenvalue weighted by Gasteiger charge is 2.38. The van der Waals surface area contributed by atoms with Crippen LogP contribution in [0.1, 0.15) is 19.8 Å². The summed E-state index contributed by atoms with van der Waals surface area (Å²) in [6.45, 7) is 1.18. The predicted octanol–water partition coefficient (Wildman–Crippen LogP) is -4.58. The first-order valence-electron chi connectivity index (χ1n) is 10.5. The molecule has 14 heteroatoms. The molecule has 14 nitrogen and oxygen atoms in total. The summed E-state index contributed by atoms with van der Waals surface area (Å²) < 4.78 is 9.55. The van der Waals surface area contributed by atoms with Crippen molar-refractivity contribution in [3.63, 3.8) is 0 Å². The first-order chi connectivity index (χ1) is 15.6. The van der Waals surface area contributed by atoms with E-state index in [1.165, 1.54) is 16.7 Å². The van der Waals surface area contributed by atoms with Crippen molar-refractivity contribution in [3.05, 3.63) is 0 Å². The smallest absolute Gasteiger partial charge is 0.229 e. The zero-order valence-electron chi connectivity index (χ0n) is 20.0. The molecule has 0 bridgehead atoms. The van der Waals surface area contributed by atoms with Crippen molar-refractivity contribution in [3.8, 4) is 0 Å². The Labute approximate surface area is 197 Å². The largest absolute Gasteiger partial charge is 0.388 e. The van der Waals surface area contributed by atoms with Gasteiger partial charge in [-0.3, -0.25) is 14.4 Å². The molecular weight excluding hydrogens is 460 g/mol. The van der Waals surface area contributed by atoms with Crippen molar-refractivity contribution < 1.29 is 59.6 Å². The Bertz CT molecular complexity index is 633. The van der Waals surface area contributed by atoms with Crippen LogP contribution in [0.5, 0.6) is 0 Å². The van der Waals surface area contributed by atoms with Gasteiger partial charge in [0, 0.05) is 28.2 Å². The summed E-state index contributed by atoms with van der Waals surface area (Å²) in [6, 6.07) is 0. The van der Waals surface area contributed by atoms with Crippen molar-refractivity contribution in [1.29, 1.82) is 0 Å². The Kier molecular flexibility index (Phi) is 14.5. The number of Topliss-reactive ketones (excluding diaryl/α,β-unsaturated/α-hetero) is 1. The molecule has 200 valence electrons. The minimum atomic E-state index is -1.41. The average molecular weight is 499 g/mol. The lowest BCUT2D eigenvalue weighted by atomic mass is 9.98. The number of carbonyl (C=O) groups excluding carboxylic acids is 3. The van der Waals surface area contributed by atoms with E-state index in [1.807, 2.05) is 0 Å². The van der Waals surface area contributed by atoms with E-state index >= 15 is 0 Å². The molecule has 0 aliphatic carbocycles. The lowest BCUT2D eigenvalue weighted by Crippen LogP contribution is -2.53. The zero-order valence-corrected chi connectivity index (χ0v) is 20.0. The van der Waals surface area contributed by atoms with Gasteiger partial charge < -0.3 is 55.0 Å². The summed E-state index contributed by atoms with van der Waals surface area (Å²) >= 11 is 0. The number of ketones is 1. The standard InChI is InChI=1S/C9H17NO5.C6H11NO2.C5H10O5/c1-10(2)7(12)3-6-9(14)8(13)5(11)4-15-6;1-5(8)4-6(9)7(2)3;6-2-1-10-5(9)4(8)3(2)7/h5-6,8-9,11,13-14H,3-4H2,1-2H3;4H2,1-3H3;2-9H,1H2/t5-,6?,8+,9+;;2-,3+,4-,5?/m1.1/s1. The van der Waals surface area contributed by atoms with Gasteiger partial charge in [-0.25, -0.2) is 0 Å². The third-order valence-electron chi connectivity index (χ3n) is 4.85. The normalized spacial score (nSPS) is 32.8. The Hall–Kier alpha value is -1.75. The van der Waals surface area contributed by atoms with E-state index in [0.29, 0.717) is 0 Å². The molecule has 2 saturated heterocycles. The Morgan fingerprint density at radius 1 is 0.706 bits per heavy atom. The fraction of sp³-hybridized carbons (Fsp3) is 0.850. The number of aliphatic hydroxyl groups excluding tert-OH is 7. The molecule has 2 heterocycles. The van der Waals surface area contributed by atoms with E-state index in [4.69, 9.17) is 25.2 Å². The Morgan fingerprint density at radius 2 is 1.15 bits per heavy atom. The van der Waals surface area contributed by atoms with Crippen LogP contribution >= 0.6 is 0 Å². The van der Waals surface area contributed by atoms with Gasteiger partial charge in [-0.05, 0) is 6.92 Å². The summed E-state index contributed by atoms with van der Waals surface area (Å²) in [6.07, 6.45) is -9.53. The number of nitrogens with zero attached hydrogens (tertiary/aromatic N) is 2. The van der Waals surface area contributed by atoms with Crippen molar-refractivity contribution in [2.45, 2.75) is 68.8 Å². The lowest BCUT2D eigenvalue weighted by molar-refractivity contribution is -0.252. The molecule has 0 aromatic rings. The number of carbonyl (C=O) groups is 3. The van der Waals surface area contributed by atoms with Crippen LogP contribution in [0, 0.1) is 0 Å². The minimum absolute atomic E-state index is 0.00204. The van der Waals surface area contributed by atoms with Gasteiger partial charge in [0.25, 0.3) is 0 Å². The van der Waals surface area contributed by atoms with Crippen LogP contribution in [0.2, 0.25) is 0 Å². The SMILES string of the molecule is CC(=O)CC(=O)N(C)C.CN(C)C(=O)CC1OC[C@@H](O)[C@H](O)[C@H]1O.OC1OC[C@@H](O)[C@H](O)[C@H]1O. The van der Waals surface area contributed by atoms with E-state index in [0.717, 1.165) is 0 Å². The van der Waals surface area contributed by atoms with E-state index in [-0.39, 0.29) is 43.7 Å². The number of hydrogen-bond acceptors (Lipinski definition) is 12. The third-order valence-corrected chi connectivity index (χ3v) is 4.85. The zero-order chi connectivity index (χ0) is 26.7. The third kappa shape index (κ3) is 11.1. The van der Waals surface area contributed by atoms with Crippen LogP contribution in [0.3, 0.4) is 0 Å². The second-order valence-electron chi connectivity index (χ2n) is 8.35. The van der Waals surface area contributed by atoms with Gasteiger partial charge in [-0.15, -0.1) is 0 Å². The second kappa shape index (κ2) is 15.3. The molecule has 34 heavy (non-hydrogen) atoms. The van der Waals surface area contributed by atoms with Crippen molar-refractivity contribution in [2.24, 2.45) is 0 Å². The average Bonchev–Trinajstić information content (AvgIpc) is 2.75. The Balaban J connectivity index is 0.000000504. The monoisotopic (exact) mass is 498 g/mol. The maximum Gasteiger partial charge on any atom is 0.229 e. The van der Waals surface area contributed by atoms with Gasteiger partial charge in [-0.1, -0.05) is 0 Å². The molecular formula is C20H38N2O12. The molecule has 7 N–H and O–H groups in total. The number of ether oxygens (including phenoxy) is 2. The summed E-state index contributed by atoms with van der Waals surface area (Å²) in [5.74, 6) is -0.418. The highest BCUT2D eigenvalue weighted by Crippen LogP contribution is 2.18. The molecule has 2 fully saturated rings. The first kappa shape index (κ1) is 32.2. The molecule has 0 spiro atoms. The molecule has 2 unspecified atom stereocenters. The predicted molar refractivity (Wildman–Crippen MR) is 115 cm³/mol. The summed E-state index contributed by atoms with van der Waals surface area (Å²) in [7, 11) is 6.46. The van der Waals surface area contributed by atoms with Gasteiger partial charge in [0.05, 0.1) is 32.2 Å². The number of amides is 2. The lowest BCUT2D eigenvalue weighted by Gasteiger charge is -2.35. The number of rotatable bonds is 4. The molecule has 0 aromatic heterocycles. The van der Waals surface area contributed by atoms with E-state index in [1.54, 1.807) is 28.2 Å². The van der Waals surface area contributed by atoms with Gasteiger partial charge in [0.2, 0.25) is 11.8 Å². The topological polar surface area (TPSA) is 218 Å². The van der Waals surface area contributed by atoms with Gasteiger partial charge in [0.15, 0.2) is 6.29 Å². The highest BCUT2D eigenvalue weighted by atomic mass is 16.6. The van der Waals surface area contributed by atoms with Gasteiger partial charge in [-0.2, -0.15) is 0 Å². The highest BCUT2D eigenvalue weighted by molar-refractivity contribution is 5.96. The van der Waals surface area contributed by atoms with Crippen molar-refractivity contribution in [1.82, 2.24) is 9.80 Å². The van der Waals surface area contributed by atoms with Crippen LogP contribution in [0.15, 0.2) is 0 Å². The fourth-order valence-electron chi connectivity index (χ4n) is 2.56. The number of hydrogen-bond donors (Lipinski definition) is 7. The first-order valence-corrected chi connectivity index (χ1v) is 10.5. The quantitative estimate of drug-likeness (QED) is 0.182. The molecule has 8 atom stereocenters. The van der Waals surface area contributed by atoms with Crippen LogP contribution in [0.4, 0.5) is 0 Å². The molecule has 0 aromatic carbocycles. The van der Waals surface area contributed by atoms with E-state index in [2.05, 4.69) is 4.74 Å². The van der Waals surface area contributed by atoms with Crippen LogP contribution < -0.4 is 0 Å². The summed E-state index contributed by atoms with van der Waals surface area (Å²) in [4.78, 5) is 35.1. The fourth-order valence-corrected chi connectivity index (χ4v) is 2.56. The number of aliphatic hydroxyl groups is 7. The van der Waals surface area contributed by atoms with Gasteiger partial charge in [0.1, 0.15) is 42.4 Å². The Morgan fingerprint density at radius 3 is 1.53 bits per heavy atom. The summed E-state index contributed by atoms with van der Waals surface area (Å²) in [5.41, 5.74) is 0. The van der Waals surface area contributed by atoms with E-state index in [9.17, 15) is 29.7 Å². The molecule has 0 radical (unpaired) electrons.